The molecule has 1 aromatic carbocycles. The second kappa shape index (κ2) is 8.32. The normalized spacial score (nSPS) is 17.3. The van der Waals surface area contributed by atoms with Gasteiger partial charge in [-0.15, -0.1) is 0 Å². The molecular weight excluding hydrogens is 334 g/mol. The van der Waals surface area contributed by atoms with Crippen LogP contribution in [-0.2, 0) is 9.59 Å². The van der Waals surface area contributed by atoms with E-state index >= 15 is 0 Å². The van der Waals surface area contributed by atoms with Crippen molar-refractivity contribution in [2.24, 2.45) is 0 Å². The van der Waals surface area contributed by atoms with Gasteiger partial charge >= 0.3 is 5.97 Å². The van der Waals surface area contributed by atoms with Gasteiger partial charge < -0.3 is 20.1 Å². The molecule has 7 nitrogen and oxygen atoms in total. The SMILES string of the molecule is COc1ccc(Cl)cc1NC(=O)C[C@H](C(=O)O)N1CCN(C)CC1. The third-order valence-corrected chi connectivity index (χ3v) is 4.31. The number of rotatable bonds is 6. The number of hydrogen-bond donors (Lipinski definition) is 2. The lowest BCUT2D eigenvalue weighted by molar-refractivity contribution is -0.145. The van der Waals surface area contributed by atoms with Crippen LogP contribution >= 0.6 is 11.6 Å². The zero-order valence-corrected chi connectivity index (χ0v) is 14.5. The zero-order chi connectivity index (χ0) is 17.7. The molecule has 0 bridgehead atoms. The number of piperazine rings is 1. The lowest BCUT2D eigenvalue weighted by Crippen LogP contribution is -2.52. The average Bonchev–Trinajstić information content (AvgIpc) is 2.53. The summed E-state index contributed by atoms with van der Waals surface area (Å²) >= 11 is 5.93. The van der Waals surface area contributed by atoms with Gasteiger partial charge in [-0.2, -0.15) is 0 Å². The molecule has 0 radical (unpaired) electrons. The summed E-state index contributed by atoms with van der Waals surface area (Å²) in [4.78, 5) is 27.8. The quantitative estimate of drug-likeness (QED) is 0.802. The molecule has 0 saturated carbocycles. The van der Waals surface area contributed by atoms with E-state index in [9.17, 15) is 14.7 Å². The third-order valence-electron chi connectivity index (χ3n) is 4.08. The van der Waals surface area contributed by atoms with E-state index in [-0.39, 0.29) is 12.3 Å². The third kappa shape index (κ3) is 4.83. The second-order valence-electron chi connectivity index (χ2n) is 5.79. The van der Waals surface area contributed by atoms with E-state index in [1.54, 1.807) is 18.2 Å². The van der Waals surface area contributed by atoms with Crippen molar-refractivity contribution in [1.29, 1.82) is 0 Å². The molecule has 1 heterocycles. The molecule has 1 fully saturated rings. The Labute approximate surface area is 146 Å². The Bertz CT molecular complexity index is 603. The first kappa shape index (κ1) is 18.5. The Kier molecular flexibility index (Phi) is 6.42. The van der Waals surface area contributed by atoms with Crippen LogP contribution in [-0.4, -0.2) is 73.2 Å². The van der Waals surface area contributed by atoms with Crippen molar-refractivity contribution in [1.82, 2.24) is 9.80 Å². The Morgan fingerprint density at radius 2 is 2.00 bits per heavy atom. The van der Waals surface area contributed by atoms with Gasteiger partial charge in [0.15, 0.2) is 0 Å². The molecule has 0 spiro atoms. The van der Waals surface area contributed by atoms with Gasteiger partial charge in [0.2, 0.25) is 5.91 Å². The molecular formula is C16H22ClN3O4. The lowest BCUT2D eigenvalue weighted by Gasteiger charge is -2.35. The number of carboxylic acid groups (broad SMARTS) is 1. The first-order valence-electron chi connectivity index (χ1n) is 7.69. The number of nitrogens with one attached hydrogen (secondary N) is 1. The molecule has 1 aliphatic rings. The van der Waals surface area contributed by atoms with Crippen molar-refractivity contribution in [3.63, 3.8) is 0 Å². The molecule has 1 aromatic rings. The zero-order valence-electron chi connectivity index (χ0n) is 13.8. The summed E-state index contributed by atoms with van der Waals surface area (Å²) in [5.74, 6) is -0.908. The number of carbonyl (C=O) groups is 2. The average molecular weight is 356 g/mol. The summed E-state index contributed by atoms with van der Waals surface area (Å²) in [7, 11) is 3.48. The maximum atomic E-state index is 12.3. The highest BCUT2D eigenvalue weighted by atomic mass is 35.5. The number of methoxy groups -OCH3 is 1. The molecule has 0 aliphatic carbocycles. The Balaban J connectivity index is 2.03. The van der Waals surface area contributed by atoms with Crippen LogP contribution in [0.5, 0.6) is 5.75 Å². The molecule has 0 aromatic heterocycles. The standard InChI is InChI=1S/C16H22ClN3O4/c1-19-5-7-20(8-6-19)13(16(22)23)10-15(21)18-12-9-11(17)3-4-14(12)24-2/h3-4,9,13H,5-8,10H2,1-2H3,(H,18,21)(H,22,23)/t13-/m1/s1. The predicted octanol–water partition coefficient (Wildman–Crippen LogP) is 1.38. The topological polar surface area (TPSA) is 82.1 Å². The van der Waals surface area contributed by atoms with Crippen LogP contribution in [0.2, 0.25) is 5.02 Å². The number of aliphatic carboxylic acids is 1. The monoisotopic (exact) mass is 355 g/mol. The lowest BCUT2D eigenvalue weighted by atomic mass is 10.1. The van der Waals surface area contributed by atoms with Gasteiger partial charge in [-0.05, 0) is 25.2 Å². The van der Waals surface area contributed by atoms with Gasteiger partial charge in [0.05, 0.1) is 19.2 Å². The molecule has 2 rings (SSSR count). The first-order valence-corrected chi connectivity index (χ1v) is 8.07. The molecule has 1 saturated heterocycles. The highest BCUT2D eigenvalue weighted by molar-refractivity contribution is 6.31. The summed E-state index contributed by atoms with van der Waals surface area (Å²) in [5.41, 5.74) is 0.428. The number of nitrogens with zero attached hydrogens (tertiary/aromatic N) is 2. The van der Waals surface area contributed by atoms with E-state index in [0.717, 1.165) is 13.1 Å². The summed E-state index contributed by atoms with van der Waals surface area (Å²) in [5, 5.41) is 12.6. The van der Waals surface area contributed by atoms with Crippen molar-refractivity contribution in [3.8, 4) is 5.75 Å². The minimum atomic E-state index is -0.993. The number of anilines is 1. The second-order valence-corrected chi connectivity index (χ2v) is 6.23. The minimum absolute atomic E-state index is 0.130. The Hall–Kier alpha value is -1.83. The van der Waals surface area contributed by atoms with E-state index in [4.69, 9.17) is 16.3 Å². The van der Waals surface area contributed by atoms with Crippen LogP contribution in [0, 0.1) is 0 Å². The van der Waals surface area contributed by atoms with Crippen molar-refractivity contribution in [2.45, 2.75) is 12.5 Å². The van der Waals surface area contributed by atoms with Crippen LogP contribution < -0.4 is 10.1 Å². The highest BCUT2D eigenvalue weighted by Gasteiger charge is 2.30. The smallest absolute Gasteiger partial charge is 0.321 e. The highest BCUT2D eigenvalue weighted by Crippen LogP contribution is 2.28. The van der Waals surface area contributed by atoms with E-state index in [1.165, 1.54) is 7.11 Å². The van der Waals surface area contributed by atoms with Crippen molar-refractivity contribution in [2.75, 3.05) is 45.7 Å². The van der Waals surface area contributed by atoms with Gasteiger partial charge in [-0.25, -0.2) is 0 Å². The number of carbonyl (C=O) groups excluding carboxylic acids is 1. The minimum Gasteiger partial charge on any atom is -0.495 e. The number of ether oxygens (including phenoxy) is 1. The molecule has 24 heavy (non-hydrogen) atoms. The van der Waals surface area contributed by atoms with Crippen LogP contribution in [0.25, 0.3) is 0 Å². The van der Waals surface area contributed by atoms with Gasteiger partial charge in [0.25, 0.3) is 0 Å². The number of benzene rings is 1. The van der Waals surface area contributed by atoms with Crippen LogP contribution in [0.4, 0.5) is 5.69 Å². The van der Waals surface area contributed by atoms with E-state index in [2.05, 4.69) is 10.2 Å². The summed E-state index contributed by atoms with van der Waals surface area (Å²) in [6.45, 7) is 2.82. The number of carboxylic acids is 1. The van der Waals surface area contributed by atoms with Gasteiger partial charge in [0, 0.05) is 31.2 Å². The number of hydrogen-bond acceptors (Lipinski definition) is 5. The van der Waals surface area contributed by atoms with Crippen molar-refractivity contribution < 1.29 is 19.4 Å². The fraction of sp³-hybridized carbons (Fsp3) is 0.500. The van der Waals surface area contributed by atoms with Gasteiger partial charge in [-0.3, -0.25) is 14.5 Å². The van der Waals surface area contributed by atoms with Crippen molar-refractivity contribution >= 4 is 29.2 Å². The molecule has 1 aliphatic heterocycles. The summed E-state index contributed by atoms with van der Waals surface area (Å²) in [6.07, 6.45) is -0.130. The van der Waals surface area contributed by atoms with Crippen LogP contribution in [0.3, 0.4) is 0 Å². The first-order chi connectivity index (χ1) is 11.4. The van der Waals surface area contributed by atoms with E-state index in [1.807, 2.05) is 11.9 Å². The van der Waals surface area contributed by atoms with Crippen LogP contribution in [0.15, 0.2) is 18.2 Å². The van der Waals surface area contributed by atoms with Gasteiger partial charge in [0.1, 0.15) is 11.8 Å². The molecule has 1 atom stereocenters. The number of halogens is 1. The molecule has 132 valence electrons. The predicted molar refractivity (Wildman–Crippen MR) is 91.7 cm³/mol. The summed E-state index contributed by atoms with van der Waals surface area (Å²) < 4.78 is 5.18. The maximum Gasteiger partial charge on any atom is 0.321 e. The van der Waals surface area contributed by atoms with E-state index in [0.29, 0.717) is 29.5 Å². The van der Waals surface area contributed by atoms with Gasteiger partial charge in [-0.1, -0.05) is 11.6 Å². The number of amides is 1. The molecule has 1 amide bonds. The Morgan fingerprint density at radius 3 is 2.58 bits per heavy atom. The Morgan fingerprint density at radius 1 is 1.33 bits per heavy atom. The number of likely N-dealkylation sites (N-methyl/N-ethyl adjacent to an activating group) is 1. The summed E-state index contributed by atoms with van der Waals surface area (Å²) in [6, 6.07) is 4.03. The largest absolute Gasteiger partial charge is 0.495 e. The fourth-order valence-corrected chi connectivity index (χ4v) is 2.83. The molecule has 8 heteroatoms. The maximum absolute atomic E-state index is 12.3. The van der Waals surface area contributed by atoms with E-state index < -0.39 is 12.0 Å². The van der Waals surface area contributed by atoms with Crippen molar-refractivity contribution in [3.05, 3.63) is 23.2 Å². The molecule has 2 N–H and O–H groups in total. The van der Waals surface area contributed by atoms with Crippen LogP contribution in [0.1, 0.15) is 6.42 Å². The molecule has 0 unspecified atom stereocenters. The fourth-order valence-electron chi connectivity index (χ4n) is 2.66.